The molecule has 5 atom stereocenters. The fourth-order valence-electron chi connectivity index (χ4n) is 3.22. The molecular formula is C18H35NO5. The van der Waals surface area contributed by atoms with Gasteiger partial charge in [0, 0.05) is 6.42 Å². The van der Waals surface area contributed by atoms with E-state index in [9.17, 15) is 20.1 Å². The number of amides is 1. The van der Waals surface area contributed by atoms with E-state index in [1.165, 1.54) is 25.7 Å². The zero-order valence-electron chi connectivity index (χ0n) is 15.1. The molecule has 1 amide bonds. The fourth-order valence-corrected chi connectivity index (χ4v) is 3.22. The van der Waals surface area contributed by atoms with Gasteiger partial charge in [0.2, 0.25) is 5.91 Å². The summed E-state index contributed by atoms with van der Waals surface area (Å²) in [6, 6.07) is -0.634. The first-order valence-electron chi connectivity index (χ1n) is 9.46. The minimum atomic E-state index is -1.19. The molecule has 1 aliphatic rings. The molecule has 0 spiro atoms. The summed E-state index contributed by atoms with van der Waals surface area (Å²) in [5.74, 6) is -0.121. The smallest absolute Gasteiger partial charge is 0.220 e. The first-order chi connectivity index (χ1) is 11.5. The third-order valence-electron chi connectivity index (χ3n) is 4.77. The second-order valence-corrected chi connectivity index (χ2v) is 6.75. The lowest BCUT2D eigenvalue weighted by molar-refractivity contribution is -0.195. The second-order valence-electron chi connectivity index (χ2n) is 6.75. The Hall–Kier alpha value is -0.690. The number of carbonyl (C=O) groups is 1. The molecule has 0 saturated carbocycles. The van der Waals surface area contributed by atoms with Crippen molar-refractivity contribution >= 4 is 5.91 Å². The van der Waals surface area contributed by atoms with Gasteiger partial charge >= 0.3 is 0 Å². The summed E-state index contributed by atoms with van der Waals surface area (Å²) in [5.41, 5.74) is 0. The van der Waals surface area contributed by atoms with Gasteiger partial charge in [-0.15, -0.1) is 0 Å². The van der Waals surface area contributed by atoms with Gasteiger partial charge in [0.15, 0.2) is 0 Å². The molecule has 6 heteroatoms. The average Bonchev–Trinajstić information content (AvgIpc) is 2.58. The van der Waals surface area contributed by atoms with E-state index in [4.69, 9.17) is 4.74 Å². The Kier molecular flexibility index (Phi) is 10.5. The minimum absolute atomic E-state index is 0.121. The standard InChI is InChI=1S/C18H35NO5/c1-3-5-6-7-8-9-10-11-15(21)19-16-13(4-2)24-14(12-20)17(22)18(16)23/h13-14,16-18,20,22-23H,3-12H2,1-2H3,(H,19,21). The zero-order valence-corrected chi connectivity index (χ0v) is 15.1. The van der Waals surface area contributed by atoms with Gasteiger partial charge in [-0.2, -0.15) is 0 Å². The van der Waals surface area contributed by atoms with Crippen molar-refractivity contribution in [3.05, 3.63) is 0 Å². The normalized spacial score (nSPS) is 30.3. The number of hydrogen-bond donors (Lipinski definition) is 4. The first-order valence-corrected chi connectivity index (χ1v) is 9.46. The van der Waals surface area contributed by atoms with Crippen LogP contribution in [0.5, 0.6) is 0 Å². The van der Waals surface area contributed by atoms with Gasteiger partial charge in [0.25, 0.3) is 0 Å². The summed E-state index contributed by atoms with van der Waals surface area (Å²) < 4.78 is 5.59. The van der Waals surface area contributed by atoms with Crippen LogP contribution in [0.25, 0.3) is 0 Å². The van der Waals surface area contributed by atoms with Crippen molar-refractivity contribution in [3.63, 3.8) is 0 Å². The molecule has 1 heterocycles. The largest absolute Gasteiger partial charge is 0.394 e. The highest BCUT2D eigenvalue weighted by atomic mass is 16.5. The van der Waals surface area contributed by atoms with Crippen molar-refractivity contribution in [1.29, 1.82) is 0 Å². The molecule has 0 aromatic heterocycles. The van der Waals surface area contributed by atoms with Crippen LogP contribution < -0.4 is 5.32 Å². The van der Waals surface area contributed by atoms with Crippen LogP contribution >= 0.6 is 0 Å². The molecule has 0 aromatic rings. The van der Waals surface area contributed by atoms with E-state index >= 15 is 0 Å². The van der Waals surface area contributed by atoms with Crippen LogP contribution in [0.1, 0.15) is 71.6 Å². The van der Waals surface area contributed by atoms with E-state index in [0.29, 0.717) is 12.8 Å². The Morgan fingerprint density at radius 3 is 2.17 bits per heavy atom. The van der Waals surface area contributed by atoms with Crippen LogP contribution in [0, 0.1) is 0 Å². The molecule has 1 saturated heterocycles. The maximum absolute atomic E-state index is 12.1. The van der Waals surface area contributed by atoms with Crippen molar-refractivity contribution in [1.82, 2.24) is 5.32 Å². The Morgan fingerprint density at radius 2 is 1.58 bits per heavy atom. The number of aliphatic hydroxyl groups is 3. The van der Waals surface area contributed by atoms with Crippen LogP contribution in [0.4, 0.5) is 0 Å². The zero-order chi connectivity index (χ0) is 17.9. The molecule has 0 bridgehead atoms. The highest BCUT2D eigenvalue weighted by molar-refractivity contribution is 5.76. The first kappa shape index (κ1) is 21.4. The molecule has 142 valence electrons. The number of unbranched alkanes of at least 4 members (excludes halogenated alkanes) is 6. The lowest BCUT2D eigenvalue weighted by Crippen LogP contribution is -2.64. The highest BCUT2D eigenvalue weighted by Gasteiger charge is 2.43. The number of hydrogen-bond acceptors (Lipinski definition) is 5. The van der Waals surface area contributed by atoms with E-state index in [0.717, 1.165) is 19.3 Å². The topological polar surface area (TPSA) is 99.0 Å². The monoisotopic (exact) mass is 345 g/mol. The van der Waals surface area contributed by atoms with Gasteiger partial charge < -0.3 is 25.4 Å². The molecule has 5 unspecified atom stereocenters. The van der Waals surface area contributed by atoms with E-state index in [1.807, 2.05) is 6.92 Å². The Balaban J connectivity index is 2.33. The quantitative estimate of drug-likeness (QED) is 0.425. The third kappa shape index (κ3) is 6.67. The van der Waals surface area contributed by atoms with Gasteiger partial charge in [-0.3, -0.25) is 4.79 Å². The van der Waals surface area contributed by atoms with Gasteiger partial charge in [0.1, 0.15) is 18.3 Å². The molecule has 0 radical (unpaired) electrons. The van der Waals surface area contributed by atoms with E-state index in [2.05, 4.69) is 12.2 Å². The molecule has 0 aliphatic carbocycles. The third-order valence-corrected chi connectivity index (χ3v) is 4.77. The van der Waals surface area contributed by atoms with Gasteiger partial charge in [-0.25, -0.2) is 0 Å². The molecule has 0 aromatic carbocycles. The average molecular weight is 345 g/mol. The lowest BCUT2D eigenvalue weighted by atomic mass is 9.91. The second kappa shape index (κ2) is 11.8. The molecule has 6 nitrogen and oxygen atoms in total. The number of carbonyl (C=O) groups excluding carboxylic acids is 1. The maximum Gasteiger partial charge on any atom is 0.220 e. The minimum Gasteiger partial charge on any atom is -0.394 e. The molecule has 1 aliphatic heterocycles. The molecule has 4 N–H and O–H groups in total. The van der Waals surface area contributed by atoms with Gasteiger partial charge in [-0.1, -0.05) is 52.4 Å². The summed E-state index contributed by atoms with van der Waals surface area (Å²) >= 11 is 0. The van der Waals surface area contributed by atoms with Crippen molar-refractivity contribution in [2.75, 3.05) is 6.61 Å². The summed E-state index contributed by atoms with van der Waals surface area (Å²) in [6.07, 6.45) is 5.49. The highest BCUT2D eigenvalue weighted by Crippen LogP contribution is 2.23. The van der Waals surface area contributed by atoms with E-state index < -0.39 is 30.5 Å². The Labute approximate surface area is 145 Å². The van der Waals surface area contributed by atoms with E-state index in [-0.39, 0.29) is 12.5 Å². The van der Waals surface area contributed by atoms with E-state index in [1.54, 1.807) is 0 Å². The van der Waals surface area contributed by atoms with Crippen LogP contribution in [0.15, 0.2) is 0 Å². The number of rotatable bonds is 11. The maximum atomic E-state index is 12.1. The predicted octanol–water partition coefficient (Wildman–Crippen LogP) is 1.50. The van der Waals surface area contributed by atoms with Gasteiger partial charge in [0.05, 0.1) is 18.8 Å². The Bertz CT molecular complexity index is 350. The van der Waals surface area contributed by atoms with Gasteiger partial charge in [-0.05, 0) is 12.8 Å². The molecular weight excluding hydrogens is 310 g/mol. The Morgan fingerprint density at radius 1 is 0.958 bits per heavy atom. The van der Waals surface area contributed by atoms with Crippen molar-refractivity contribution in [2.45, 2.75) is 102 Å². The number of nitrogens with one attached hydrogen (secondary N) is 1. The summed E-state index contributed by atoms with van der Waals surface area (Å²) in [4.78, 5) is 12.1. The molecule has 24 heavy (non-hydrogen) atoms. The number of ether oxygens (including phenoxy) is 1. The summed E-state index contributed by atoms with van der Waals surface area (Å²) in [5, 5.41) is 32.2. The van der Waals surface area contributed by atoms with Crippen LogP contribution in [-0.4, -0.2) is 58.3 Å². The van der Waals surface area contributed by atoms with Crippen molar-refractivity contribution in [2.24, 2.45) is 0 Å². The molecule has 1 rings (SSSR count). The van der Waals surface area contributed by atoms with Crippen LogP contribution in [0.2, 0.25) is 0 Å². The lowest BCUT2D eigenvalue weighted by Gasteiger charge is -2.42. The number of aliphatic hydroxyl groups excluding tert-OH is 3. The summed E-state index contributed by atoms with van der Waals surface area (Å²) in [7, 11) is 0. The summed E-state index contributed by atoms with van der Waals surface area (Å²) in [6.45, 7) is 3.73. The fraction of sp³-hybridized carbons (Fsp3) is 0.944. The van der Waals surface area contributed by atoms with Crippen LogP contribution in [-0.2, 0) is 9.53 Å². The van der Waals surface area contributed by atoms with Crippen LogP contribution in [0.3, 0.4) is 0 Å². The molecule has 1 fully saturated rings. The predicted molar refractivity (Wildman–Crippen MR) is 92.6 cm³/mol. The van der Waals surface area contributed by atoms with Crippen molar-refractivity contribution < 1.29 is 24.9 Å². The SMILES string of the molecule is CCCCCCCCCC(=O)NC1C(CC)OC(CO)C(O)C1O. The van der Waals surface area contributed by atoms with Crippen molar-refractivity contribution in [3.8, 4) is 0 Å².